The monoisotopic (exact) mass is 380 g/mol. The summed E-state index contributed by atoms with van der Waals surface area (Å²) in [6.07, 6.45) is -1.07. The van der Waals surface area contributed by atoms with Crippen LogP contribution in [0.5, 0.6) is 0 Å². The molecule has 2 aromatic rings. The van der Waals surface area contributed by atoms with Gasteiger partial charge < -0.3 is 15.8 Å². The number of hydrogen-bond acceptors (Lipinski definition) is 4. The summed E-state index contributed by atoms with van der Waals surface area (Å²) in [6, 6.07) is 10.3. The van der Waals surface area contributed by atoms with Crippen LogP contribution < -0.4 is 11.1 Å². The van der Waals surface area contributed by atoms with E-state index in [2.05, 4.69) is 5.32 Å². The Kier molecular flexibility index (Phi) is 6.01. The number of nitrogens with one attached hydrogen (secondary N) is 1. The molecular formula is C17H14Cl2N2O4. The molecule has 1 atom stereocenters. The number of rotatable bonds is 5. The van der Waals surface area contributed by atoms with Gasteiger partial charge in [-0.15, -0.1) is 0 Å². The maximum atomic E-state index is 12.1. The Balaban J connectivity index is 2.01. The molecule has 2 rings (SSSR count). The van der Waals surface area contributed by atoms with E-state index in [1.807, 2.05) is 0 Å². The summed E-state index contributed by atoms with van der Waals surface area (Å²) < 4.78 is 5.10. The largest absolute Gasteiger partial charge is 0.449 e. The number of hydrogen-bond donors (Lipinski definition) is 2. The molecule has 0 fully saturated rings. The molecule has 0 aromatic heterocycles. The number of carbonyl (C=O) groups is 3. The van der Waals surface area contributed by atoms with Crippen molar-refractivity contribution in [2.24, 2.45) is 5.73 Å². The van der Waals surface area contributed by atoms with Crippen molar-refractivity contribution < 1.29 is 19.1 Å². The average molecular weight is 381 g/mol. The van der Waals surface area contributed by atoms with Crippen molar-refractivity contribution in [3.05, 3.63) is 63.6 Å². The van der Waals surface area contributed by atoms with Crippen LogP contribution in [0.4, 0.5) is 5.69 Å². The number of anilines is 1. The second kappa shape index (κ2) is 8.00. The number of primary amides is 1. The van der Waals surface area contributed by atoms with Crippen molar-refractivity contribution in [1.82, 2.24) is 0 Å². The topological polar surface area (TPSA) is 98.5 Å². The second-order valence-corrected chi connectivity index (χ2v) is 5.95. The van der Waals surface area contributed by atoms with Gasteiger partial charge in [-0.25, -0.2) is 4.79 Å². The molecule has 0 bridgehead atoms. The van der Waals surface area contributed by atoms with Gasteiger partial charge in [0.05, 0.1) is 10.6 Å². The minimum Gasteiger partial charge on any atom is -0.449 e. The number of benzene rings is 2. The summed E-state index contributed by atoms with van der Waals surface area (Å²) in [5.74, 6) is -1.88. The molecule has 0 heterocycles. The number of nitrogens with two attached hydrogens (primary N) is 1. The minimum atomic E-state index is -1.07. The fraction of sp³-hybridized carbons (Fsp3) is 0.118. The lowest BCUT2D eigenvalue weighted by molar-refractivity contribution is -0.123. The smallest absolute Gasteiger partial charge is 0.340 e. The lowest BCUT2D eigenvalue weighted by Gasteiger charge is -2.14. The van der Waals surface area contributed by atoms with Crippen molar-refractivity contribution in [3.63, 3.8) is 0 Å². The van der Waals surface area contributed by atoms with Gasteiger partial charge in [-0.2, -0.15) is 0 Å². The molecule has 1 unspecified atom stereocenters. The first-order chi connectivity index (χ1) is 11.8. The molecule has 0 saturated carbocycles. The molecule has 3 N–H and O–H groups in total. The number of esters is 1. The normalized spacial score (nSPS) is 11.5. The first-order valence-electron chi connectivity index (χ1n) is 7.14. The lowest BCUT2D eigenvalue weighted by atomic mass is 10.2. The quantitative estimate of drug-likeness (QED) is 0.777. The average Bonchev–Trinajstić information content (AvgIpc) is 2.57. The molecule has 0 radical (unpaired) electrons. The number of amides is 2. The fourth-order valence-corrected chi connectivity index (χ4v) is 2.26. The van der Waals surface area contributed by atoms with Crippen LogP contribution in [0.1, 0.15) is 27.6 Å². The third-order valence-electron chi connectivity index (χ3n) is 3.24. The van der Waals surface area contributed by atoms with E-state index < -0.39 is 23.9 Å². The first kappa shape index (κ1) is 18.8. The predicted molar refractivity (Wildman–Crippen MR) is 94.9 cm³/mol. The van der Waals surface area contributed by atoms with E-state index in [1.165, 1.54) is 49.4 Å². The third-order valence-corrected chi connectivity index (χ3v) is 3.80. The van der Waals surface area contributed by atoms with E-state index in [0.717, 1.165) is 0 Å². The molecule has 8 heteroatoms. The lowest BCUT2D eigenvalue weighted by Crippen LogP contribution is -2.30. The molecule has 0 saturated heterocycles. The molecule has 2 aromatic carbocycles. The number of ether oxygens (including phenoxy) is 1. The molecule has 0 aliphatic carbocycles. The van der Waals surface area contributed by atoms with Gasteiger partial charge in [0.15, 0.2) is 6.10 Å². The molecule has 2 amide bonds. The zero-order valence-corrected chi connectivity index (χ0v) is 14.6. The van der Waals surface area contributed by atoms with Crippen LogP contribution >= 0.6 is 23.2 Å². The van der Waals surface area contributed by atoms with Gasteiger partial charge in [0.2, 0.25) is 5.91 Å². The highest BCUT2D eigenvalue weighted by molar-refractivity contribution is 6.35. The summed E-state index contributed by atoms with van der Waals surface area (Å²) in [5, 5.41) is 3.06. The highest BCUT2D eigenvalue weighted by Crippen LogP contribution is 2.22. The Bertz CT molecular complexity index is 822. The summed E-state index contributed by atoms with van der Waals surface area (Å²) in [6.45, 7) is 1.42. The van der Waals surface area contributed by atoms with Crippen LogP contribution in [0.15, 0.2) is 42.5 Å². The molecular weight excluding hydrogens is 367 g/mol. The first-order valence-corrected chi connectivity index (χ1v) is 7.90. The summed E-state index contributed by atoms with van der Waals surface area (Å²) >= 11 is 11.8. The Hall–Kier alpha value is -2.57. The second-order valence-electron chi connectivity index (χ2n) is 5.10. The Morgan fingerprint density at radius 1 is 1.08 bits per heavy atom. The molecule has 6 nitrogen and oxygen atoms in total. The van der Waals surface area contributed by atoms with Gasteiger partial charge >= 0.3 is 5.97 Å². The highest BCUT2D eigenvalue weighted by atomic mass is 35.5. The van der Waals surface area contributed by atoms with Crippen LogP contribution in [0.2, 0.25) is 10.0 Å². The van der Waals surface area contributed by atoms with Gasteiger partial charge in [0, 0.05) is 16.3 Å². The molecule has 25 heavy (non-hydrogen) atoms. The van der Waals surface area contributed by atoms with Gasteiger partial charge in [-0.05, 0) is 49.4 Å². The maximum Gasteiger partial charge on any atom is 0.340 e. The van der Waals surface area contributed by atoms with Crippen molar-refractivity contribution in [3.8, 4) is 0 Å². The van der Waals surface area contributed by atoms with Crippen molar-refractivity contribution in [2.45, 2.75) is 13.0 Å². The third kappa shape index (κ3) is 4.95. The van der Waals surface area contributed by atoms with E-state index in [0.29, 0.717) is 16.3 Å². The van der Waals surface area contributed by atoms with Crippen molar-refractivity contribution in [2.75, 3.05) is 5.32 Å². The summed E-state index contributed by atoms with van der Waals surface area (Å²) in [5.41, 5.74) is 5.95. The number of carbonyl (C=O) groups excluding carboxylic acids is 3. The van der Waals surface area contributed by atoms with Crippen LogP contribution in [0, 0.1) is 0 Å². The van der Waals surface area contributed by atoms with Gasteiger partial charge in [0.25, 0.3) is 5.91 Å². The Labute approximate surface area is 153 Å². The van der Waals surface area contributed by atoms with Crippen molar-refractivity contribution >= 4 is 46.7 Å². The van der Waals surface area contributed by atoms with Crippen LogP contribution in [-0.2, 0) is 9.53 Å². The van der Waals surface area contributed by atoms with Crippen molar-refractivity contribution in [1.29, 1.82) is 0 Å². The zero-order valence-electron chi connectivity index (χ0n) is 13.1. The van der Waals surface area contributed by atoms with Crippen LogP contribution in [-0.4, -0.2) is 23.9 Å². The SMILES string of the molecule is CC(OC(=O)c1cc(Cl)ccc1Cl)C(=O)Nc1ccc(C(N)=O)cc1. The fourth-order valence-electron chi connectivity index (χ4n) is 1.89. The van der Waals surface area contributed by atoms with E-state index in [9.17, 15) is 14.4 Å². The van der Waals surface area contributed by atoms with Gasteiger partial charge in [-0.3, -0.25) is 9.59 Å². The maximum absolute atomic E-state index is 12.1. The highest BCUT2D eigenvalue weighted by Gasteiger charge is 2.21. The van der Waals surface area contributed by atoms with Crippen LogP contribution in [0.3, 0.4) is 0 Å². The molecule has 130 valence electrons. The molecule has 0 aliphatic rings. The summed E-state index contributed by atoms with van der Waals surface area (Å²) in [4.78, 5) is 35.2. The standard InChI is InChI=1S/C17H14Cl2N2O4/c1-9(25-17(24)13-8-11(18)4-7-14(13)19)16(23)21-12-5-2-10(3-6-12)15(20)22/h2-9H,1H3,(H2,20,22)(H,21,23). The van der Waals surface area contributed by atoms with Gasteiger partial charge in [-0.1, -0.05) is 23.2 Å². The molecule has 0 spiro atoms. The van der Waals surface area contributed by atoms with E-state index in [4.69, 9.17) is 33.7 Å². The Morgan fingerprint density at radius 2 is 1.72 bits per heavy atom. The summed E-state index contributed by atoms with van der Waals surface area (Å²) in [7, 11) is 0. The molecule has 0 aliphatic heterocycles. The zero-order chi connectivity index (χ0) is 18.6. The number of halogens is 2. The Morgan fingerprint density at radius 3 is 2.32 bits per heavy atom. The minimum absolute atomic E-state index is 0.0691. The van der Waals surface area contributed by atoms with Gasteiger partial charge in [0.1, 0.15) is 0 Å². The van der Waals surface area contributed by atoms with Crippen LogP contribution in [0.25, 0.3) is 0 Å². The predicted octanol–water partition coefficient (Wildman–Crippen LogP) is 3.28. The van der Waals surface area contributed by atoms with E-state index >= 15 is 0 Å². The van der Waals surface area contributed by atoms with E-state index in [-0.39, 0.29) is 10.6 Å². The van der Waals surface area contributed by atoms with E-state index in [1.54, 1.807) is 0 Å².